The lowest BCUT2D eigenvalue weighted by molar-refractivity contribution is 0.0949. The van der Waals surface area contributed by atoms with Crippen molar-refractivity contribution in [2.75, 3.05) is 27.2 Å². The monoisotopic (exact) mass is 481 g/mol. The molecule has 3 aromatic carbocycles. The van der Waals surface area contributed by atoms with Crippen LogP contribution in [0.25, 0.3) is 10.9 Å². The lowest BCUT2D eigenvalue weighted by Crippen LogP contribution is -2.31. The van der Waals surface area contributed by atoms with Crippen LogP contribution in [0.4, 0.5) is 0 Å². The van der Waals surface area contributed by atoms with Crippen molar-refractivity contribution in [3.8, 4) is 5.75 Å². The Bertz CT molecular complexity index is 1500. The smallest absolute Gasteiger partial charge is 0.255 e. The van der Waals surface area contributed by atoms with E-state index in [1.54, 1.807) is 30.3 Å². The van der Waals surface area contributed by atoms with Crippen LogP contribution in [0.2, 0.25) is 0 Å². The van der Waals surface area contributed by atoms with Gasteiger partial charge in [-0.1, -0.05) is 54.6 Å². The third kappa shape index (κ3) is 3.97. The zero-order valence-electron chi connectivity index (χ0n) is 20.2. The van der Waals surface area contributed by atoms with Crippen molar-refractivity contribution in [1.82, 2.24) is 14.8 Å². The molecule has 1 aromatic heterocycles. The molecule has 0 fully saturated rings. The molecule has 7 heteroatoms. The Hall–Kier alpha value is -4.23. The normalized spacial score (nSPS) is 12.6. The van der Waals surface area contributed by atoms with Crippen molar-refractivity contribution < 1.29 is 19.5 Å². The van der Waals surface area contributed by atoms with Gasteiger partial charge in [0.05, 0.1) is 16.6 Å². The van der Waals surface area contributed by atoms with Crippen LogP contribution in [0.5, 0.6) is 5.75 Å². The summed E-state index contributed by atoms with van der Waals surface area (Å²) in [5, 5.41) is 13.9. The Labute approximate surface area is 209 Å². The molecule has 1 aliphatic rings. The third-order valence-electron chi connectivity index (χ3n) is 6.61. The molecule has 0 bridgehead atoms. The number of nitrogens with zero attached hydrogens (tertiary/aromatic N) is 2. The highest BCUT2D eigenvalue weighted by Gasteiger charge is 2.37. The number of likely N-dealkylation sites (N-methyl/N-ethyl adjacent to an activating group) is 1. The molecule has 1 amide bonds. The van der Waals surface area contributed by atoms with Crippen molar-refractivity contribution in [3.05, 3.63) is 100 Å². The molecule has 4 aromatic rings. The maximum absolute atomic E-state index is 13.8. The Morgan fingerprint density at radius 2 is 1.58 bits per heavy atom. The molecule has 0 radical (unpaired) electrons. The van der Waals surface area contributed by atoms with Gasteiger partial charge in [-0.25, -0.2) is 0 Å². The Morgan fingerprint density at radius 1 is 0.917 bits per heavy atom. The number of phenolic OH excluding ortho intramolecular Hbond substituents is 1. The van der Waals surface area contributed by atoms with E-state index in [-0.39, 0.29) is 34.1 Å². The van der Waals surface area contributed by atoms with Gasteiger partial charge in [0.2, 0.25) is 5.78 Å². The van der Waals surface area contributed by atoms with E-state index in [9.17, 15) is 19.5 Å². The predicted octanol–water partition coefficient (Wildman–Crippen LogP) is 3.66. The average Bonchev–Trinajstić information content (AvgIpc) is 3.20. The van der Waals surface area contributed by atoms with Crippen molar-refractivity contribution in [3.63, 3.8) is 0 Å². The first-order valence-electron chi connectivity index (χ1n) is 11.9. The number of carbonyl (C=O) groups is 3. The number of hydrogen-bond donors (Lipinski definition) is 2. The first-order chi connectivity index (χ1) is 17.4. The van der Waals surface area contributed by atoms with Gasteiger partial charge in [-0.15, -0.1) is 0 Å². The number of phenols is 1. The molecule has 182 valence electrons. The van der Waals surface area contributed by atoms with E-state index >= 15 is 0 Å². The fourth-order valence-corrected chi connectivity index (χ4v) is 4.86. The minimum Gasteiger partial charge on any atom is -0.507 e. The van der Waals surface area contributed by atoms with Gasteiger partial charge in [0.25, 0.3) is 5.91 Å². The molecule has 0 saturated heterocycles. The highest BCUT2D eigenvalue weighted by atomic mass is 16.3. The van der Waals surface area contributed by atoms with E-state index in [2.05, 4.69) is 5.32 Å². The minimum atomic E-state index is -0.484. The number of benzene rings is 3. The lowest BCUT2D eigenvalue weighted by Gasteiger charge is -2.17. The van der Waals surface area contributed by atoms with E-state index in [0.29, 0.717) is 48.1 Å². The summed E-state index contributed by atoms with van der Waals surface area (Å²) in [6.45, 7) is 1.42. The molecule has 0 unspecified atom stereocenters. The van der Waals surface area contributed by atoms with Crippen molar-refractivity contribution in [2.45, 2.75) is 13.0 Å². The number of fused-ring (bicyclic) bond motifs is 4. The summed E-state index contributed by atoms with van der Waals surface area (Å²) in [6, 6.07) is 19.7. The van der Waals surface area contributed by atoms with Gasteiger partial charge in [0.1, 0.15) is 11.4 Å². The summed E-state index contributed by atoms with van der Waals surface area (Å²) < 4.78 is 1.82. The minimum absolute atomic E-state index is 0.0153. The fourth-order valence-electron chi connectivity index (χ4n) is 4.86. The number of carbonyl (C=O) groups excluding carboxylic acids is 3. The molecule has 5 rings (SSSR count). The number of nitrogens with one attached hydrogen (secondary N) is 1. The van der Waals surface area contributed by atoms with Crippen LogP contribution in [-0.4, -0.2) is 59.2 Å². The van der Waals surface area contributed by atoms with Gasteiger partial charge in [-0.2, -0.15) is 0 Å². The van der Waals surface area contributed by atoms with Gasteiger partial charge < -0.3 is 19.9 Å². The molecule has 0 saturated carbocycles. The standard InChI is InChI=1S/C29H27N3O4/c1-31(2)17-15-30-29(36)24-22(33)13-12-21-23(24)25-26(32(21)16-14-18-8-4-3-5-9-18)28(35)20-11-7-6-10-19(20)27(25)34/h3-13,33H,14-17H2,1-2H3,(H,30,36). The van der Waals surface area contributed by atoms with E-state index in [0.717, 1.165) is 5.56 Å². The van der Waals surface area contributed by atoms with E-state index < -0.39 is 5.91 Å². The van der Waals surface area contributed by atoms with Crippen molar-refractivity contribution >= 4 is 28.4 Å². The van der Waals surface area contributed by atoms with Gasteiger partial charge in [0, 0.05) is 36.1 Å². The molecule has 0 atom stereocenters. The van der Waals surface area contributed by atoms with Crippen molar-refractivity contribution in [1.29, 1.82) is 0 Å². The number of ketones is 2. The van der Waals surface area contributed by atoms with Crippen LogP contribution >= 0.6 is 0 Å². The Balaban J connectivity index is 1.71. The molecular formula is C29H27N3O4. The van der Waals surface area contributed by atoms with E-state index in [1.165, 1.54) is 6.07 Å². The first-order valence-corrected chi connectivity index (χ1v) is 11.9. The second kappa shape index (κ2) is 9.43. The maximum atomic E-state index is 13.8. The zero-order valence-corrected chi connectivity index (χ0v) is 20.2. The van der Waals surface area contributed by atoms with Gasteiger partial charge in [-0.05, 0) is 38.2 Å². The molecule has 1 heterocycles. The predicted molar refractivity (Wildman–Crippen MR) is 138 cm³/mol. The average molecular weight is 482 g/mol. The number of aromatic hydroxyl groups is 1. The molecule has 36 heavy (non-hydrogen) atoms. The molecule has 2 N–H and O–H groups in total. The van der Waals surface area contributed by atoms with Crippen LogP contribution in [0, 0.1) is 0 Å². The van der Waals surface area contributed by atoms with Gasteiger partial charge in [0.15, 0.2) is 5.78 Å². The summed E-state index contributed by atoms with van der Waals surface area (Å²) in [4.78, 5) is 42.7. The van der Waals surface area contributed by atoms with Crippen molar-refractivity contribution in [2.24, 2.45) is 0 Å². The number of aryl methyl sites for hydroxylation is 2. The topological polar surface area (TPSA) is 91.6 Å². The number of aromatic nitrogens is 1. The second-order valence-corrected chi connectivity index (χ2v) is 9.23. The quantitative estimate of drug-likeness (QED) is 0.370. The van der Waals surface area contributed by atoms with Crippen LogP contribution in [-0.2, 0) is 13.0 Å². The number of amides is 1. The van der Waals surface area contributed by atoms with E-state index in [4.69, 9.17) is 0 Å². The van der Waals surface area contributed by atoms with Gasteiger partial charge >= 0.3 is 0 Å². The summed E-state index contributed by atoms with van der Waals surface area (Å²) in [7, 11) is 3.80. The third-order valence-corrected chi connectivity index (χ3v) is 6.61. The molecular weight excluding hydrogens is 454 g/mol. The van der Waals surface area contributed by atoms with E-state index in [1.807, 2.05) is 53.9 Å². The molecule has 0 aliphatic heterocycles. The fraction of sp³-hybridized carbons (Fsp3) is 0.207. The summed E-state index contributed by atoms with van der Waals surface area (Å²) in [5.74, 6) is -1.30. The van der Waals surface area contributed by atoms with Gasteiger partial charge in [-0.3, -0.25) is 14.4 Å². The summed E-state index contributed by atoms with van der Waals surface area (Å²) >= 11 is 0. The lowest BCUT2D eigenvalue weighted by atomic mass is 9.86. The summed E-state index contributed by atoms with van der Waals surface area (Å²) in [6.07, 6.45) is 0.630. The number of hydrogen-bond acceptors (Lipinski definition) is 5. The molecule has 1 aliphatic carbocycles. The van der Waals surface area contributed by atoms with Crippen LogP contribution in [0.1, 0.15) is 47.9 Å². The Kier molecular flexibility index (Phi) is 6.16. The largest absolute Gasteiger partial charge is 0.507 e. The first kappa shape index (κ1) is 23.5. The highest BCUT2D eigenvalue weighted by Crippen LogP contribution is 2.39. The number of rotatable bonds is 7. The Morgan fingerprint density at radius 3 is 2.28 bits per heavy atom. The maximum Gasteiger partial charge on any atom is 0.255 e. The SMILES string of the molecule is CN(C)CCNC(=O)c1c(O)ccc2c1c1c(n2CCc2ccccc2)C(=O)c2ccccc2C1=O. The molecule has 7 nitrogen and oxygen atoms in total. The van der Waals surface area contributed by atoms with Crippen LogP contribution < -0.4 is 5.32 Å². The highest BCUT2D eigenvalue weighted by molar-refractivity contribution is 6.34. The zero-order chi connectivity index (χ0) is 25.4. The second-order valence-electron chi connectivity index (χ2n) is 9.23. The van der Waals surface area contributed by atoms with Crippen LogP contribution in [0.3, 0.4) is 0 Å². The molecule has 0 spiro atoms. The van der Waals surface area contributed by atoms with Crippen LogP contribution in [0.15, 0.2) is 66.7 Å². The summed E-state index contributed by atoms with van der Waals surface area (Å²) in [5.41, 5.74) is 2.76.